The van der Waals surface area contributed by atoms with E-state index in [1.54, 1.807) is 0 Å². The number of hydrogen-bond acceptors (Lipinski definition) is 3. The van der Waals surface area contributed by atoms with Gasteiger partial charge in [-0.25, -0.2) is 0 Å². The first-order chi connectivity index (χ1) is 7.09. The maximum Gasteiger partial charge on any atom is 0.207 e. The molecule has 0 spiro atoms. The summed E-state index contributed by atoms with van der Waals surface area (Å²) in [5, 5.41) is 0. The van der Waals surface area contributed by atoms with Crippen LogP contribution in [0.1, 0.15) is 19.4 Å². The molecule has 0 saturated carbocycles. The van der Waals surface area contributed by atoms with Crippen molar-refractivity contribution in [1.29, 1.82) is 0 Å². The minimum absolute atomic E-state index is 0.475. The standard InChI is InChI=1S/C11H18NO2P/c1-3-14-15(13,4-2)9-10-6-5-7-11(12)8-10/h5-8H,3-4,9,12H2,1-2H3/t15-/m1/s1. The van der Waals surface area contributed by atoms with Crippen molar-refractivity contribution >= 4 is 13.1 Å². The summed E-state index contributed by atoms with van der Waals surface area (Å²) in [7, 11) is -2.50. The summed E-state index contributed by atoms with van der Waals surface area (Å²) >= 11 is 0. The van der Waals surface area contributed by atoms with Crippen molar-refractivity contribution < 1.29 is 9.09 Å². The zero-order valence-corrected chi connectivity index (χ0v) is 10.2. The molecule has 0 bridgehead atoms. The lowest BCUT2D eigenvalue weighted by atomic mass is 10.2. The molecule has 0 fully saturated rings. The Kier molecular flexibility index (Phi) is 4.37. The van der Waals surface area contributed by atoms with E-state index in [2.05, 4.69) is 0 Å². The van der Waals surface area contributed by atoms with Crippen LogP contribution < -0.4 is 5.73 Å². The van der Waals surface area contributed by atoms with Crippen molar-refractivity contribution in [2.24, 2.45) is 0 Å². The Balaban J connectivity index is 2.79. The number of rotatable bonds is 5. The lowest BCUT2D eigenvalue weighted by Crippen LogP contribution is -1.97. The highest BCUT2D eigenvalue weighted by molar-refractivity contribution is 7.58. The molecule has 0 unspecified atom stereocenters. The van der Waals surface area contributed by atoms with Gasteiger partial charge in [-0.1, -0.05) is 19.1 Å². The molecular formula is C11H18NO2P. The molecule has 1 rings (SSSR count). The second kappa shape index (κ2) is 5.34. The molecule has 0 amide bonds. The van der Waals surface area contributed by atoms with Crippen LogP contribution in [-0.4, -0.2) is 12.8 Å². The van der Waals surface area contributed by atoms with E-state index in [-0.39, 0.29) is 0 Å². The molecule has 1 aromatic carbocycles. The number of hydrogen-bond donors (Lipinski definition) is 1. The van der Waals surface area contributed by atoms with Crippen molar-refractivity contribution in [2.75, 3.05) is 18.5 Å². The minimum atomic E-state index is -2.50. The summed E-state index contributed by atoms with van der Waals surface area (Å²) in [6, 6.07) is 7.47. The lowest BCUT2D eigenvalue weighted by molar-refractivity contribution is 0.333. The number of anilines is 1. The fraction of sp³-hybridized carbons (Fsp3) is 0.455. The van der Waals surface area contributed by atoms with E-state index in [4.69, 9.17) is 10.3 Å². The van der Waals surface area contributed by atoms with Gasteiger partial charge >= 0.3 is 0 Å². The first-order valence-electron chi connectivity index (χ1n) is 5.16. The Morgan fingerprint density at radius 1 is 1.40 bits per heavy atom. The van der Waals surface area contributed by atoms with Crippen LogP contribution in [0.4, 0.5) is 5.69 Å². The Morgan fingerprint density at radius 2 is 2.13 bits per heavy atom. The van der Waals surface area contributed by atoms with Crippen LogP contribution in [0.25, 0.3) is 0 Å². The van der Waals surface area contributed by atoms with Gasteiger partial charge in [0, 0.05) is 18.0 Å². The van der Waals surface area contributed by atoms with E-state index >= 15 is 0 Å². The van der Waals surface area contributed by atoms with Gasteiger partial charge in [0.15, 0.2) is 0 Å². The van der Waals surface area contributed by atoms with E-state index < -0.39 is 7.37 Å². The molecule has 0 aliphatic carbocycles. The molecule has 0 saturated heterocycles. The zero-order chi connectivity index (χ0) is 11.3. The van der Waals surface area contributed by atoms with Gasteiger partial charge in [-0.05, 0) is 24.6 Å². The van der Waals surface area contributed by atoms with Crippen LogP contribution in [0, 0.1) is 0 Å². The smallest absolute Gasteiger partial charge is 0.207 e. The summed E-state index contributed by atoms with van der Waals surface area (Å²) < 4.78 is 17.5. The highest BCUT2D eigenvalue weighted by Gasteiger charge is 2.20. The number of nitrogens with two attached hydrogens (primary N) is 1. The molecule has 0 heterocycles. The quantitative estimate of drug-likeness (QED) is 0.621. The van der Waals surface area contributed by atoms with E-state index in [0.29, 0.717) is 24.6 Å². The van der Waals surface area contributed by atoms with Crippen LogP contribution in [0.5, 0.6) is 0 Å². The molecule has 15 heavy (non-hydrogen) atoms. The van der Waals surface area contributed by atoms with Crippen LogP contribution in [-0.2, 0) is 15.3 Å². The van der Waals surface area contributed by atoms with Gasteiger partial charge in [-0.2, -0.15) is 0 Å². The first-order valence-corrected chi connectivity index (χ1v) is 7.16. The van der Waals surface area contributed by atoms with E-state index in [1.165, 1.54) is 0 Å². The third kappa shape index (κ3) is 3.69. The Bertz CT molecular complexity index is 365. The van der Waals surface area contributed by atoms with E-state index in [0.717, 1.165) is 5.56 Å². The summed E-state index contributed by atoms with van der Waals surface area (Å²) in [4.78, 5) is 0. The normalized spacial score (nSPS) is 14.8. The maximum absolute atomic E-state index is 12.2. The molecule has 3 nitrogen and oxygen atoms in total. The molecule has 1 atom stereocenters. The van der Waals surface area contributed by atoms with Crippen molar-refractivity contribution in [3.63, 3.8) is 0 Å². The third-order valence-electron chi connectivity index (χ3n) is 2.22. The molecular weight excluding hydrogens is 209 g/mol. The van der Waals surface area contributed by atoms with Crippen LogP contribution in [0.15, 0.2) is 24.3 Å². The third-order valence-corrected chi connectivity index (χ3v) is 4.76. The van der Waals surface area contributed by atoms with Gasteiger partial charge in [0.1, 0.15) is 0 Å². The molecule has 0 radical (unpaired) electrons. The largest absolute Gasteiger partial charge is 0.399 e. The molecule has 1 aromatic rings. The predicted octanol–water partition coefficient (Wildman–Crippen LogP) is 3.10. The zero-order valence-electron chi connectivity index (χ0n) is 9.27. The summed E-state index contributed by atoms with van der Waals surface area (Å²) in [6.07, 6.45) is 1.04. The van der Waals surface area contributed by atoms with E-state index in [1.807, 2.05) is 38.1 Å². The summed E-state index contributed by atoms with van der Waals surface area (Å²) in [5.41, 5.74) is 7.34. The van der Waals surface area contributed by atoms with Crippen LogP contribution in [0.3, 0.4) is 0 Å². The van der Waals surface area contributed by atoms with Crippen molar-refractivity contribution in [3.05, 3.63) is 29.8 Å². The monoisotopic (exact) mass is 227 g/mol. The lowest BCUT2D eigenvalue weighted by Gasteiger charge is -2.15. The van der Waals surface area contributed by atoms with Gasteiger partial charge in [0.05, 0.1) is 6.61 Å². The maximum atomic E-state index is 12.2. The second-order valence-electron chi connectivity index (χ2n) is 3.45. The van der Waals surface area contributed by atoms with Gasteiger partial charge in [0.2, 0.25) is 7.37 Å². The van der Waals surface area contributed by atoms with Crippen molar-refractivity contribution in [3.8, 4) is 0 Å². The average molecular weight is 227 g/mol. The predicted molar refractivity (Wildman–Crippen MR) is 64.3 cm³/mol. The molecule has 0 aliphatic rings. The number of nitrogen functional groups attached to an aromatic ring is 1. The Labute approximate surface area is 91.1 Å². The summed E-state index contributed by atoms with van der Waals surface area (Å²) in [6.45, 7) is 4.25. The van der Waals surface area contributed by atoms with Gasteiger partial charge in [-0.3, -0.25) is 4.57 Å². The fourth-order valence-corrected chi connectivity index (χ4v) is 3.17. The van der Waals surface area contributed by atoms with Gasteiger partial charge in [0.25, 0.3) is 0 Å². The fourth-order valence-electron chi connectivity index (χ4n) is 1.45. The molecule has 84 valence electrons. The average Bonchev–Trinajstić information content (AvgIpc) is 2.18. The van der Waals surface area contributed by atoms with Gasteiger partial charge in [-0.15, -0.1) is 0 Å². The topological polar surface area (TPSA) is 52.3 Å². The highest BCUT2D eigenvalue weighted by atomic mass is 31.2. The summed E-state index contributed by atoms with van der Waals surface area (Å²) in [5.74, 6) is 0. The molecule has 0 aliphatic heterocycles. The van der Waals surface area contributed by atoms with Crippen molar-refractivity contribution in [2.45, 2.75) is 20.0 Å². The van der Waals surface area contributed by atoms with Crippen LogP contribution in [0.2, 0.25) is 0 Å². The molecule has 2 N–H and O–H groups in total. The highest BCUT2D eigenvalue weighted by Crippen LogP contribution is 2.49. The van der Waals surface area contributed by atoms with Crippen LogP contribution >= 0.6 is 7.37 Å². The van der Waals surface area contributed by atoms with E-state index in [9.17, 15) is 4.57 Å². The molecule has 4 heteroatoms. The SMILES string of the molecule is CCO[P@](=O)(CC)Cc1cccc(N)c1. The Hall–Kier alpha value is -0.790. The van der Waals surface area contributed by atoms with Crippen molar-refractivity contribution in [1.82, 2.24) is 0 Å². The number of benzene rings is 1. The second-order valence-corrected chi connectivity index (χ2v) is 6.29. The Morgan fingerprint density at radius 3 is 2.67 bits per heavy atom. The van der Waals surface area contributed by atoms with Gasteiger partial charge < -0.3 is 10.3 Å². The first kappa shape index (κ1) is 12.3. The molecule has 0 aromatic heterocycles. The minimum Gasteiger partial charge on any atom is -0.399 e.